The van der Waals surface area contributed by atoms with Crippen LogP contribution in [0.2, 0.25) is 0 Å². The number of carbonyl (C=O) groups is 1. The smallest absolute Gasteiger partial charge is 0.324 e. The van der Waals surface area contributed by atoms with Crippen molar-refractivity contribution in [2.45, 2.75) is 44.9 Å². The second-order valence-corrected chi connectivity index (χ2v) is 8.89. The zero-order chi connectivity index (χ0) is 19.3. The summed E-state index contributed by atoms with van der Waals surface area (Å²) in [5, 5.41) is 0. The van der Waals surface area contributed by atoms with E-state index in [1.165, 1.54) is 14.2 Å². The first kappa shape index (κ1) is 21.2. The molecule has 0 saturated heterocycles. The third-order valence-electron chi connectivity index (χ3n) is 3.59. The lowest BCUT2D eigenvalue weighted by atomic mass is 10.1. The molecule has 1 aromatic rings. The van der Waals surface area contributed by atoms with Gasteiger partial charge < -0.3 is 14.2 Å². The summed E-state index contributed by atoms with van der Waals surface area (Å²) < 4.78 is 41.8. The van der Waals surface area contributed by atoms with E-state index in [-0.39, 0.29) is 13.0 Å². The molecule has 1 atom stereocenters. The lowest BCUT2D eigenvalue weighted by molar-refractivity contribution is -0.145. The number of benzene rings is 1. The van der Waals surface area contributed by atoms with Crippen LogP contribution in [-0.4, -0.2) is 46.0 Å². The van der Waals surface area contributed by atoms with Crippen molar-refractivity contribution in [3.05, 3.63) is 23.8 Å². The Morgan fingerprint density at radius 1 is 1.20 bits per heavy atom. The van der Waals surface area contributed by atoms with Gasteiger partial charge in [-0.2, -0.15) is 0 Å². The van der Waals surface area contributed by atoms with Crippen molar-refractivity contribution in [3.8, 4) is 11.5 Å². The van der Waals surface area contributed by atoms with Crippen molar-refractivity contribution in [2.24, 2.45) is 0 Å². The molecule has 1 rings (SSSR count). The maximum absolute atomic E-state index is 12.4. The molecule has 0 aliphatic heterocycles. The molecule has 7 nitrogen and oxygen atoms in total. The van der Waals surface area contributed by atoms with Crippen LogP contribution in [0.25, 0.3) is 0 Å². The highest BCUT2D eigenvalue weighted by molar-refractivity contribution is 7.90. The summed E-state index contributed by atoms with van der Waals surface area (Å²) >= 11 is 0. The van der Waals surface area contributed by atoms with Crippen LogP contribution in [0.3, 0.4) is 0 Å². The van der Waals surface area contributed by atoms with Crippen molar-refractivity contribution in [1.82, 2.24) is 4.72 Å². The topological polar surface area (TPSA) is 90.9 Å². The summed E-state index contributed by atoms with van der Waals surface area (Å²) in [5.41, 5.74) is 0.665. The largest absolute Gasteiger partial charge is 0.497 e. The Morgan fingerprint density at radius 2 is 1.84 bits per heavy atom. The average Bonchev–Trinajstić information content (AvgIpc) is 2.53. The van der Waals surface area contributed by atoms with Gasteiger partial charge in [-0.05, 0) is 39.3 Å². The molecule has 0 spiro atoms. The van der Waals surface area contributed by atoms with E-state index >= 15 is 0 Å². The van der Waals surface area contributed by atoms with Crippen LogP contribution in [0, 0.1) is 0 Å². The Labute approximate surface area is 149 Å². The zero-order valence-corrected chi connectivity index (χ0v) is 16.4. The summed E-state index contributed by atoms with van der Waals surface area (Å²) in [4.78, 5) is 12.3. The maximum atomic E-state index is 12.4. The summed E-state index contributed by atoms with van der Waals surface area (Å²) in [7, 11) is -0.697. The van der Waals surface area contributed by atoms with Gasteiger partial charge in [0.15, 0.2) is 0 Å². The van der Waals surface area contributed by atoms with Crippen molar-refractivity contribution in [3.63, 3.8) is 0 Å². The molecule has 0 heterocycles. The number of carbonyl (C=O) groups excluding carboxylic acids is 1. The number of sulfonamides is 1. The number of nitrogens with one attached hydrogen (secondary N) is 1. The predicted octanol–water partition coefficient (Wildman–Crippen LogP) is 1.90. The van der Waals surface area contributed by atoms with Crippen molar-refractivity contribution in [1.29, 1.82) is 0 Å². The Kier molecular flexibility index (Phi) is 7.25. The van der Waals surface area contributed by atoms with E-state index in [1.807, 2.05) is 0 Å². The van der Waals surface area contributed by atoms with E-state index in [0.29, 0.717) is 17.1 Å². The van der Waals surface area contributed by atoms with Crippen LogP contribution in [-0.2, 0) is 26.0 Å². The molecule has 0 bridgehead atoms. The molecule has 0 aliphatic rings. The van der Waals surface area contributed by atoms with Gasteiger partial charge in [0, 0.05) is 12.5 Å². The van der Waals surface area contributed by atoms with Gasteiger partial charge in [0.25, 0.3) is 0 Å². The molecule has 0 amide bonds. The molecule has 0 saturated carbocycles. The highest BCUT2D eigenvalue weighted by atomic mass is 32.2. The Bertz CT molecular complexity index is 694. The van der Waals surface area contributed by atoms with E-state index in [4.69, 9.17) is 14.2 Å². The minimum atomic E-state index is -3.73. The molecule has 0 fully saturated rings. The monoisotopic (exact) mass is 373 g/mol. The Hall–Kier alpha value is -1.80. The molecule has 0 unspecified atom stereocenters. The van der Waals surface area contributed by atoms with E-state index in [9.17, 15) is 13.2 Å². The lowest BCUT2D eigenvalue weighted by Gasteiger charge is -2.24. The molecule has 0 radical (unpaired) electrons. The van der Waals surface area contributed by atoms with Gasteiger partial charge in [-0.15, -0.1) is 0 Å². The van der Waals surface area contributed by atoms with Crippen LogP contribution in [0.4, 0.5) is 0 Å². The van der Waals surface area contributed by atoms with Crippen LogP contribution in [0.15, 0.2) is 18.2 Å². The van der Waals surface area contributed by atoms with E-state index in [1.54, 1.807) is 45.9 Å². The quantitative estimate of drug-likeness (QED) is 0.700. The van der Waals surface area contributed by atoms with Crippen molar-refractivity contribution in [2.75, 3.05) is 20.8 Å². The summed E-state index contributed by atoms with van der Waals surface area (Å²) in [6, 6.07) is 4.08. The van der Waals surface area contributed by atoms with Gasteiger partial charge in [0.1, 0.15) is 17.5 Å². The average molecular weight is 373 g/mol. The van der Waals surface area contributed by atoms with Gasteiger partial charge in [0.2, 0.25) is 10.0 Å². The first-order chi connectivity index (χ1) is 11.6. The fraction of sp³-hybridized carbons (Fsp3) is 0.588. The van der Waals surface area contributed by atoms with Gasteiger partial charge in [-0.25, -0.2) is 13.1 Å². The van der Waals surface area contributed by atoms with E-state index in [2.05, 4.69) is 4.72 Å². The standard InChI is InChI=1S/C17H27NO6S/c1-7-24-16(19)14(18-25(20,21)17(2,3)4)10-12-8-9-13(22-5)11-15(12)23-6/h8-9,11,14,18H,7,10H2,1-6H3/t14-/m0/s1. The zero-order valence-electron chi connectivity index (χ0n) is 15.6. The van der Waals surface area contributed by atoms with Crippen LogP contribution in [0.5, 0.6) is 11.5 Å². The van der Waals surface area contributed by atoms with Gasteiger partial charge in [-0.1, -0.05) is 6.07 Å². The van der Waals surface area contributed by atoms with Crippen LogP contribution in [0.1, 0.15) is 33.3 Å². The third kappa shape index (κ3) is 5.61. The van der Waals surface area contributed by atoms with Gasteiger partial charge >= 0.3 is 5.97 Å². The van der Waals surface area contributed by atoms with Crippen LogP contribution >= 0.6 is 0 Å². The highest BCUT2D eigenvalue weighted by Crippen LogP contribution is 2.26. The second-order valence-electron chi connectivity index (χ2n) is 6.42. The minimum Gasteiger partial charge on any atom is -0.497 e. The molecule has 1 N–H and O–H groups in total. The number of methoxy groups -OCH3 is 2. The van der Waals surface area contributed by atoms with Gasteiger partial charge in [-0.3, -0.25) is 4.79 Å². The fourth-order valence-corrected chi connectivity index (χ4v) is 2.93. The first-order valence-electron chi connectivity index (χ1n) is 7.95. The molecule has 0 aliphatic carbocycles. The summed E-state index contributed by atoms with van der Waals surface area (Å²) in [5.74, 6) is 0.473. The Balaban J connectivity index is 3.16. The summed E-state index contributed by atoms with van der Waals surface area (Å²) in [6.07, 6.45) is 0.0985. The van der Waals surface area contributed by atoms with Crippen molar-refractivity contribution >= 4 is 16.0 Å². The van der Waals surface area contributed by atoms with Crippen molar-refractivity contribution < 1.29 is 27.4 Å². The summed E-state index contributed by atoms with van der Waals surface area (Å²) in [6.45, 7) is 6.51. The number of rotatable bonds is 8. The molecule has 0 aromatic heterocycles. The second kappa shape index (κ2) is 8.53. The SMILES string of the molecule is CCOC(=O)[C@H](Cc1ccc(OC)cc1OC)NS(=O)(=O)C(C)(C)C. The first-order valence-corrected chi connectivity index (χ1v) is 9.43. The lowest BCUT2D eigenvalue weighted by Crippen LogP contribution is -2.49. The predicted molar refractivity (Wildman–Crippen MR) is 95.5 cm³/mol. The molecule has 25 heavy (non-hydrogen) atoms. The van der Waals surface area contributed by atoms with Gasteiger partial charge in [0.05, 0.1) is 25.6 Å². The molecule has 142 valence electrons. The fourth-order valence-electron chi connectivity index (χ4n) is 2.02. The van der Waals surface area contributed by atoms with Crippen LogP contribution < -0.4 is 14.2 Å². The highest BCUT2D eigenvalue weighted by Gasteiger charge is 2.34. The number of hydrogen-bond donors (Lipinski definition) is 1. The number of esters is 1. The molecule has 8 heteroatoms. The molecule has 1 aromatic carbocycles. The molecular formula is C17H27NO6S. The molecular weight excluding hydrogens is 346 g/mol. The minimum absolute atomic E-state index is 0.0985. The maximum Gasteiger partial charge on any atom is 0.324 e. The number of hydrogen-bond acceptors (Lipinski definition) is 6. The van der Waals surface area contributed by atoms with E-state index < -0.39 is 26.8 Å². The third-order valence-corrected chi connectivity index (χ3v) is 5.80. The Morgan fingerprint density at radius 3 is 2.32 bits per heavy atom. The normalized spacial score (nSPS) is 13.2. The van der Waals surface area contributed by atoms with E-state index in [0.717, 1.165) is 0 Å². The number of ether oxygens (including phenoxy) is 3.